The van der Waals surface area contributed by atoms with E-state index in [1.54, 1.807) is 0 Å². The highest BCUT2D eigenvalue weighted by atomic mass is 15.3. The summed E-state index contributed by atoms with van der Waals surface area (Å²) in [5.74, 6) is 0. The van der Waals surface area contributed by atoms with E-state index in [4.69, 9.17) is 0 Å². The van der Waals surface area contributed by atoms with E-state index >= 15 is 0 Å². The van der Waals surface area contributed by atoms with Gasteiger partial charge in [0.15, 0.2) is 0 Å². The molecule has 0 saturated carbocycles. The Kier molecular flexibility index (Phi) is 4.22. The van der Waals surface area contributed by atoms with Crippen LogP contribution in [0.1, 0.15) is 39.5 Å². The Bertz CT molecular complexity index is 200. The van der Waals surface area contributed by atoms with Crippen LogP contribution in [0.15, 0.2) is 0 Å². The minimum atomic E-state index is 0.510. The molecule has 3 nitrogen and oxygen atoms in total. The molecule has 0 aromatic carbocycles. The Balaban J connectivity index is 1.76. The fourth-order valence-electron chi connectivity index (χ4n) is 3.02. The molecule has 2 saturated heterocycles. The second-order valence-electron chi connectivity index (χ2n) is 5.40. The van der Waals surface area contributed by atoms with E-state index in [-0.39, 0.29) is 0 Å². The molecule has 0 radical (unpaired) electrons. The standard InChI is InChI=1S/C13H27N3/c1-3-7-15-12-5-8-16(9-6-12)13(4-2)10-14-11-13/h12,14-15H,3-11H2,1-2H3. The first-order valence-corrected chi connectivity index (χ1v) is 7.00. The second-order valence-corrected chi connectivity index (χ2v) is 5.40. The van der Waals surface area contributed by atoms with E-state index in [9.17, 15) is 0 Å². The van der Waals surface area contributed by atoms with Crippen LogP contribution in [0, 0.1) is 0 Å². The summed E-state index contributed by atoms with van der Waals surface area (Å²) in [6.07, 6.45) is 5.22. The third-order valence-corrected chi connectivity index (χ3v) is 4.42. The minimum absolute atomic E-state index is 0.510. The van der Waals surface area contributed by atoms with Crippen LogP contribution in [-0.2, 0) is 0 Å². The van der Waals surface area contributed by atoms with Crippen LogP contribution in [0.25, 0.3) is 0 Å². The molecular weight excluding hydrogens is 198 g/mol. The van der Waals surface area contributed by atoms with Gasteiger partial charge in [0.2, 0.25) is 0 Å². The van der Waals surface area contributed by atoms with E-state index in [2.05, 4.69) is 29.4 Å². The predicted molar refractivity (Wildman–Crippen MR) is 68.8 cm³/mol. The molecule has 0 atom stereocenters. The third kappa shape index (κ3) is 2.41. The zero-order chi connectivity index (χ0) is 11.4. The Morgan fingerprint density at radius 1 is 1.25 bits per heavy atom. The Hall–Kier alpha value is -0.120. The van der Waals surface area contributed by atoms with Crippen molar-refractivity contribution in [2.24, 2.45) is 0 Å². The second kappa shape index (κ2) is 5.48. The van der Waals surface area contributed by atoms with Gasteiger partial charge in [0.05, 0.1) is 0 Å². The quantitative estimate of drug-likeness (QED) is 0.736. The van der Waals surface area contributed by atoms with Crippen molar-refractivity contribution in [1.82, 2.24) is 15.5 Å². The monoisotopic (exact) mass is 225 g/mol. The minimum Gasteiger partial charge on any atom is -0.314 e. The van der Waals surface area contributed by atoms with Gasteiger partial charge in [-0.1, -0.05) is 13.8 Å². The molecule has 0 amide bonds. The fourth-order valence-corrected chi connectivity index (χ4v) is 3.02. The summed E-state index contributed by atoms with van der Waals surface area (Å²) in [5, 5.41) is 7.09. The van der Waals surface area contributed by atoms with Gasteiger partial charge in [-0.3, -0.25) is 4.90 Å². The van der Waals surface area contributed by atoms with Gasteiger partial charge >= 0.3 is 0 Å². The van der Waals surface area contributed by atoms with Crippen molar-refractivity contribution in [1.29, 1.82) is 0 Å². The number of nitrogens with zero attached hydrogens (tertiary/aromatic N) is 1. The summed E-state index contributed by atoms with van der Waals surface area (Å²) < 4.78 is 0. The topological polar surface area (TPSA) is 27.3 Å². The molecule has 94 valence electrons. The number of likely N-dealkylation sites (tertiary alicyclic amines) is 1. The average molecular weight is 225 g/mol. The van der Waals surface area contributed by atoms with Gasteiger partial charge in [0.25, 0.3) is 0 Å². The summed E-state index contributed by atoms with van der Waals surface area (Å²) in [5.41, 5.74) is 0.510. The number of hydrogen-bond acceptors (Lipinski definition) is 3. The fraction of sp³-hybridized carbons (Fsp3) is 1.00. The molecule has 0 unspecified atom stereocenters. The molecule has 2 heterocycles. The summed E-state index contributed by atoms with van der Waals surface area (Å²) in [7, 11) is 0. The van der Waals surface area contributed by atoms with Gasteiger partial charge in [-0.25, -0.2) is 0 Å². The van der Waals surface area contributed by atoms with Crippen LogP contribution >= 0.6 is 0 Å². The molecule has 2 aliphatic rings. The SMILES string of the molecule is CCCNC1CCN(C2(CC)CNC2)CC1. The summed E-state index contributed by atoms with van der Waals surface area (Å²) in [6, 6.07) is 0.776. The third-order valence-electron chi connectivity index (χ3n) is 4.42. The molecule has 3 heteroatoms. The number of nitrogens with one attached hydrogen (secondary N) is 2. The lowest BCUT2D eigenvalue weighted by Crippen LogP contribution is -2.70. The molecular formula is C13H27N3. The Labute approximate surface area is 100.0 Å². The van der Waals surface area contributed by atoms with Gasteiger partial charge in [-0.15, -0.1) is 0 Å². The van der Waals surface area contributed by atoms with Crippen molar-refractivity contribution < 1.29 is 0 Å². The van der Waals surface area contributed by atoms with Crippen LogP contribution < -0.4 is 10.6 Å². The van der Waals surface area contributed by atoms with Gasteiger partial charge < -0.3 is 10.6 Å². The predicted octanol–water partition coefficient (Wildman–Crippen LogP) is 1.20. The highest BCUT2D eigenvalue weighted by Gasteiger charge is 2.41. The number of piperidine rings is 1. The smallest absolute Gasteiger partial charge is 0.0455 e. The molecule has 0 aromatic heterocycles. The molecule has 16 heavy (non-hydrogen) atoms. The van der Waals surface area contributed by atoms with Crippen LogP contribution in [0.5, 0.6) is 0 Å². The maximum absolute atomic E-state index is 3.66. The lowest BCUT2D eigenvalue weighted by Gasteiger charge is -2.52. The van der Waals surface area contributed by atoms with E-state index in [0.717, 1.165) is 6.04 Å². The molecule has 0 spiro atoms. The molecule has 2 N–H and O–H groups in total. The average Bonchev–Trinajstić information content (AvgIpc) is 2.27. The zero-order valence-corrected chi connectivity index (χ0v) is 10.9. The van der Waals surface area contributed by atoms with E-state index < -0.39 is 0 Å². The molecule has 2 fully saturated rings. The maximum Gasteiger partial charge on any atom is 0.0455 e. The first-order chi connectivity index (χ1) is 7.80. The lowest BCUT2D eigenvalue weighted by atomic mass is 9.85. The van der Waals surface area contributed by atoms with Crippen LogP contribution in [-0.4, -0.2) is 49.2 Å². The lowest BCUT2D eigenvalue weighted by molar-refractivity contribution is 0.0121. The van der Waals surface area contributed by atoms with Crippen molar-refractivity contribution in [3.8, 4) is 0 Å². The highest BCUT2D eigenvalue weighted by Crippen LogP contribution is 2.27. The van der Waals surface area contributed by atoms with Crippen molar-refractivity contribution in [2.75, 3.05) is 32.7 Å². The Morgan fingerprint density at radius 2 is 1.94 bits per heavy atom. The van der Waals surface area contributed by atoms with E-state index in [0.29, 0.717) is 5.54 Å². The number of rotatable bonds is 5. The van der Waals surface area contributed by atoms with Crippen LogP contribution in [0.2, 0.25) is 0 Å². The molecule has 2 aliphatic heterocycles. The van der Waals surface area contributed by atoms with Crippen molar-refractivity contribution in [3.05, 3.63) is 0 Å². The summed E-state index contributed by atoms with van der Waals surface area (Å²) in [4.78, 5) is 2.73. The van der Waals surface area contributed by atoms with Gasteiger partial charge in [-0.05, 0) is 32.2 Å². The van der Waals surface area contributed by atoms with Crippen molar-refractivity contribution in [2.45, 2.75) is 51.1 Å². The Morgan fingerprint density at radius 3 is 2.38 bits per heavy atom. The molecule has 0 aromatic rings. The van der Waals surface area contributed by atoms with Crippen LogP contribution in [0.3, 0.4) is 0 Å². The summed E-state index contributed by atoms with van der Waals surface area (Å²) >= 11 is 0. The van der Waals surface area contributed by atoms with Crippen molar-refractivity contribution >= 4 is 0 Å². The maximum atomic E-state index is 3.66. The van der Waals surface area contributed by atoms with E-state index in [1.165, 1.54) is 58.4 Å². The van der Waals surface area contributed by atoms with Crippen molar-refractivity contribution in [3.63, 3.8) is 0 Å². The van der Waals surface area contributed by atoms with Crippen LogP contribution in [0.4, 0.5) is 0 Å². The molecule has 2 rings (SSSR count). The largest absolute Gasteiger partial charge is 0.314 e. The first kappa shape index (κ1) is 12.3. The van der Waals surface area contributed by atoms with Gasteiger partial charge in [0, 0.05) is 37.8 Å². The molecule has 0 bridgehead atoms. The van der Waals surface area contributed by atoms with Gasteiger partial charge in [-0.2, -0.15) is 0 Å². The zero-order valence-electron chi connectivity index (χ0n) is 10.9. The van der Waals surface area contributed by atoms with E-state index in [1.807, 2.05) is 0 Å². The van der Waals surface area contributed by atoms with Gasteiger partial charge in [0.1, 0.15) is 0 Å². The normalized spacial score (nSPS) is 26.6. The highest BCUT2D eigenvalue weighted by molar-refractivity contribution is 5.02. The summed E-state index contributed by atoms with van der Waals surface area (Å²) in [6.45, 7) is 10.8. The first-order valence-electron chi connectivity index (χ1n) is 7.00. The molecule has 0 aliphatic carbocycles. The number of hydrogen-bond donors (Lipinski definition) is 2.